The van der Waals surface area contributed by atoms with Gasteiger partial charge in [-0.25, -0.2) is 4.98 Å². The first-order valence-electron chi connectivity index (χ1n) is 8.90. The molecule has 1 aliphatic rings. The fourth-order valence-corrected chi connectivity index (χ4v) is 3.16. The van der Waals surface area contributed by atoms with Crippen LogP contribution < -0.4 is 0 Å². The van der Waals surface area contributed by atoms with Crippen molar-refractivity contribution in [2.45, 2.75) is 45.1 Å². The molecule has 2 aromatic rings. The highest BCUT2D eigenvalue weighted by molar-refractivity contribution is 5.84. The van der Waals surface area contributed by atoms with Crippen molar-refractivity contribution >= 4 is 11.7 Å². The molecule has 25 heavy (non-hydrogen) atoms. The van der Waals surface area contributed by atoms with Gasteiger partial charge < -0.3 is 9.47 Å². The lowest BCUT2D eigenvalue weighted by atomic mass is 10.0. The van der Waals surface area contributed by atoms with Crippen LogP contribution in [-0.4, -0.2) is 40.2 Å². The smallest absolute Gasteiger partial charge is 0.222 e. The van der Waals surface area contributed by atoms with Crippen LogP contribution in [-0.2, 0) is 29.0 Å². The predicted molar refractivity (Wildman–Crippen MR) is 97.2 cm³/mol. The molecule has 0 N–H and O–H groups in total. The lowest BCUT2D eigenvalue weighted by Crippen LogP contribution is -2.22. The van der Waals surface area contributed by atoms with Crippen LogP contribution in [0.15, 0.2) is 30.5 Å². The van der Waals surface area contributed by atoms with Crippen LogP contribution >= 0.6 is 0 Å². The van der Waals surface area contributed by atoms with Crippen LogP contribution in [0.3, 0.4) is 0 Å². The highest BCUT2D eigenvalue weighted by Crippen LogP contribution is 2.24. The van der Waals surface area contributed by atoms with Gasteiger partial charge in [-0.1, -0.05) is 18.2 Å². The number of benzene rings is 1. The largest absolute Gasteiger partial charge is 0.349 e. The summed E-state index contributed by atoms with van der Waals surface area (Å²) in [6.45, 7) is 1.06. The van der Waals surface area contributed by atoms with Crippen molar-refractivity contribution < 1.29 is 9.59 Å². The zero-order chi connectivity index (χ0) is 17.8. The fourth-order valence-electron chi connectivity index (χ4n) is 3.16. The van der Waals surface area contributed by atoms with E-state index in [0.29, 0.717) is 25.7 Å². The zero-order valence-corrected chi connectivity index (χ0v) is 15.0. The summed E-state index contributed by atoms with van der Waals surface area (Å²) in [7, 11) is 3.42. The summed E-state index contributed by atoms with van der Waals surface area (Å²) in [5, 5.41) is 0. The van der Waals surface area contributed by atoms with E-state index in [1.165, 1.54) is 17.1 Å². The minimum Gasteiger partial charge on any atom is -0.349 e. The number of nitrogens with zero attached hydrogens (tertiary/aromatic N) is 3. The van der Waals surface area contributed by atoms with Crippen LogP contribution in [0.4, 0.5) is 0 Å². The molecule has 1 aliphatic heterocycles. The van der Waals surface area contributed by atoms with Crippen LogP contribution in [0.25, 0.3) is 11.3 Å². The summed E-state index contributed by atoms with van der Waals surface area (Å²) in [4.78, 5) is 29.8. The number of ketones is 1. The molecule has 1 amide bonds. The van der Waals surface area contributed by atoms with E-state index in [1.807, 2.05) is 12.1 Å². The molecule has 1 aromatic carbocycles. The van der Waals surface area contributed by atoms with E-state index < -0.39 is 0 Å². The van der Waals surface area contributed by atoms with Gasteiger partial charge in [-0.15, -0.1) is 0 Å². The van der Waals surface area contributed by atoms with Gasteiger partial charge in [0.15, 0.2) is 0 Å². The van der Waals surface area contributed by atoms with Gasteiger partial charge in [0.2, 0.25) is 5.91 Å². The number of hydrogen-bond donors (Lipinski definition) is 0. The molecule has 1 aromatic heterocycles. The van der Waals surface area contributed by atoms with E-state index in [1.54, 1.807) is 14.1 Å². The van der Waals surface area contributed by atoms with Crippen molar-refractivity contribution in [3.8, 4) is 11.3 Å². The van der Waals surface area contributed by atoms with Crippen LogP contribution in [0.1, 0.15) is 37.1 Å². The summed E-state index contributed by atoms with van der Waals surface area (Å²) >= 11 is 0. The maximum Gasteiger partial charge on any atom is 0.222 e. The van der Waals surface area contributed by atoms with E-state index in [9.17, 15) is 9.59 Å². The molecule has 0 spiro atoms. The third kappa shape index (κ3) is 4.35. The Balaban J connectivity index is 1.56. The summed E-state index contributed by atoms with van der Waals surface area (Å²) in [5.74, 6) is 1.31. The molecule has 5 heteroatoms. The molecule has 0 saturated heterocycles. The highest BCUT2D eigenvalue weighted by Gasteiger charge is 2.15. The van der Waals surface area contributed by atoms with Crippen molar-refractivity contribution in [1.29, 1.82) is 0 Å². The van der Waals surface area contributed by atoms with E-state index >= 15 is 0 Å². The predicted octanol–water partition coefficient (Wildman–Crippen LogP) is 2.87. The van der Waals surface area contributed by atoms with E-state index in [4.69, 9.17) is 4.98 Å². The molecular weight excluding hydrogens is 314 g/mol. The number of amides is 1. The second kappa shape index (κ2) is 7.64. The maximum absolute atomic E-state index is 12.0. The zero-order valence-electron chi connectivity index (χ0n) is 15.0. The normalized spacial score (nSPS) is 12.9. The standard InChI is InChI=1S/C20H25N3O2/c1-22(2)20(25)11-10-17(24)9-8-15-5-3-6-16(13-15)18-14-23-12-4-7-19(23)21-18/h3,5-6,13-14H,4,7-12H2,1-2H3. The van der Waals surface area contributed by atoms with E-state index in [0.717, 1.165) is 29.8 Å². The Hall–Kier alpha value is -2.43. The summed E-state index contributed by atoms with van der Waals surface area (Å²) in [6, 6.07) is 8.26. The fraction of sp³-hybridized carbons (Fsp3) is 0.450. The molecule has 0 fully saturated rings. The van der Waals surface area contributed by atoms with Gasteiger partial charge in [0.05, 0.1) is 5.69 Å². The monoisotopic (exact) mass is 339 g/mol. The summed E-state index contributed by atoms with van der Waals surface area (Å²) < 4.78 is 2.23. The van der Waals surface area contributed by atoms with Crippen LogP contribution in [0.2, 0.25) is 0 Å². The van der Waals surface area contributed by atoms with E-state index in [-0.39, 0.29) is 11.7 Å². The second-order valence-electron chi connectivity index (χ2n) is 6.87. The number of fused-ring (bicyclic) bond motifs is 1. The first-order valence-corrected chi connectivity index (χ1v) is 8.90. The molecule has 0 aliphatic carbocycles. The van der Waals surface area contributed by atoms with Gasteiger partial charge >= 0.3 is 0 Å². The number of carbonyl (C=O) groups is 2. The van der Waals surface area contributed by atoms with Crippen molar-refractivity contribution in [3.63, 3.8) is 0 Å². The van der Waals surface area contributed by atoms with Gasteiger partial charge in [0.1, 0.15) is 11.6 Å². The number of carbonyl (C=O) groups excluding carboxylic acids is 2. The summed E-state index contributed by atoms with van der Waals surface area (Å²) in [6.07, 6.45) is 6.16. The molecule has 132 valence electrons. The Morgan fingerprint density at radius 2 is 2.04 bits per heavy atom. The Bertz CT molecular complexity index is 755. The molecule has 0 atom stereocenters. The molecular formula is C20H25N3O2. The second-order valence-corrected chi connectivity index (χ2v) is 6.87. The number of Topliss-reactive ketones (excluding diaryl/α,β-unsaturated/α-hetero) is 1. The average Bonchev–Trinajstić information content (AvgIpc) is 3.19. The van der Waals surface area contributed by atoms with E-state index in [2.05, 4.69) is 22.9 Å². The highest BCUT2D eigenvalue weighted by atomic mass is 16.2. The minimum atomic E-state index is 0.00294. The average molecular weight is 339 g/mol. The Kier molecular flexibility index (Phi) is 5.31. The first kappa shape index (κ1) is 17.4. The molecule has 0 radical (unpaired) electrons. The lowest BCUT2D eigenvalue weighted by molar-refractivity contribution is -0.131. The topological polar surface area (TPSA) is 55.2 Å². The van der Waals surface area contributed by atoms with Gasteiger partial charge in [-0.2, -0.15) is 0 Å². The first-order chi connectivity index (χ1) is 12.0. The Morgan fingerprint density at radius 3 is 2.80 bits per heavy atom. The van der Waals surface area contributed by atoms with Crippen molar-refractivity contribution in [2.24, 2.45) is 0 Å². The molecule has 5 nitrogen and oxygen atoms in total. The van der Waals surface area contributed by atoms with Gasteiger partial charge in [0.25, 0.3) is 0 Å². The third-order valence-corrected chi connectivity index (χ3v) is 4.69. The Labute approximate surface area is 148 Å². The van der Waals surface area contributed by atoms with Crippen LogP contribution in [0, 0.1) is 0 Å². The van der Waals surface area contributed by atoms with Gasteiger partial charge in [0, 0.05) is 58.1 Å². The maximum atomic E-state index is 12.0. The van der Waals surface area contributed by atoms with Crippen LogP contribution in [0.5, 0.6) is 0 Å². The van der Waals surface area contributed by atoms with Gasteiger partial charge in [-0.05, 0) is 24.5 Å². The lowest BCUT2D eigenvalue weighted by Gasteiger charge is -2.09. The van der Waals surface area contributed by atoms with Crippen molar-refractivity contribution in [1.82, 2.24) is 14.5 Å². The summed E-state index contributed by atoms with van der Waals surface area (Å²) in [5.41, 5.74) is 3.26. The van der Waals surface area contributed by atoms with Crippen molar-refractivity contribution in [3.05, 3.63) is 41.9 Å². The molecule has 0 bridgehead atoms. The SMILES string of the molecule is CN(C)C(=O)CCC(=O)CCc1cccc(-c2cn3c(n2)CCC3)c1. The minimum absolute atomic E-state index is 0.00294. The number of hydrogen-bond acceptors (Lipinski definition) is 3. The number of aryl methyl sites for hydroxylation is 3. The molecule has 0 saturated carbocycles. The molecule has 2 heterocycles. The Morgan fingerprint density at radius 1 is 1.20 bits per heavy atom. The third-order valence-electron chi connectivity index (χ3n) is 4.69. The molecule has 0 unspecified atom stereocenters. The van der Waals surface area contributed by atoms with Crippen molar-refractivity contribution in [2.75, 3.05) is 14.1 Å². The quantitative estimate of drug-likeness (QED) is 0.779. The number of aromatic nitrogens is 2. The van der Waals surface area contributed by atoms with Gasteiger partial charge in [-0.3, -0.25) is 9.59 Å². The number of imidazole rings is 1. The molecule has 3 rings (SSSR count). The number of rotatable bonds is 7.